The molecule has 3 aliphatic heterocycles. The van der Waals surface area contributed by atoms with Crippen LogP contribution in [-0.2, 0) is 27.7 Å². The summed E-state index contributed by atoms with van der Waals surface area (Å²) in [4.78, 5) is 14.8. The lowest BCUT2D eigenvalue weighted by atomic mass is 9.85. The fourth-order valence-corrected chi connectivity index (χ4v) is 7.50. The summed E-state index contributed by atoms with van der Waals surface area (Å²) in [5.74, 6) is 0.0483. The van der Waals surface area contributed by atoms with Gasteiger partial charge in [-0.3, -0.25) is 4.79 Å². The minimum Gasteiger partial charge on any atom is -0.380 e. The highest BCUT2D eigenvalue weighted by molar-refractivity contribution is 7.89. The van der Waals surface area contributed by atoms with Crippen molar-refractivity contribution in [3.63, 3.8) is 0 Å². The van der Waals surface area contributed by atoms with Gasteiger partial charge >= 0.3 is 0 Å². The monoisotopic (exact) mass is 468 g/mol. The molecule has 7 heteroatoms. The zero-order valence-corrected chi connectivity index (χ0v) is 20.0. The first-order chi connectivity index (χ1) is 15.9. The Morgan fingerprint density at radius 1 is 1.03 bits per heavy atom. The van der Waals surface area contributed by atoms with Crippen molar-refractivity contribution >= 4 is 15.9 Å². The first-order valence-electron chi connectivity index (χ1n) is 11.9. The Bertz CT molecular complexity index is 1100. The molecule has 2 aromatic carbocycles. The van der Waals surface area contributed by atoms with E-state index in [-0.39, 0.29) is 17.4 Å². The van der Waals surface area contributed by atoms with Crippen molar-refractivity contribution in [2.24, 2.45) is 5.41 Å². The maximum atomic E-state index is 13.4. The number of amides is 1. The van der Waals surface area contributed by atoms with Gasteiger partial charge in [0.2, 0.25) is 10.0 Å². The Morgan fingerprint density at radius 2 is 1.76 bits per heavy atom. The van der Waals surface area contributed by atoms with E-state index >= 15 is 0 Å². The number of carbonyl (C=O) groups excluding carboxylic acids is 1. The number of hydrogen-bond donors (Lipinski definition) is 0. The molecular weight excluding hydrogens is 436 g/mol. The Kier molecular flexibility index (Phi) is 6.05. The second-order valence-electron chi connectivity index (χ2n) is 9.99. The largest absolute Gasteiger partial charge is 0.380 e. The van der Waals surface area contributed by atoms with Gasteiger partial charge in [0.1, 0.15) is 0 Å². The highest BCUT2D eigenvalue weighted by Crippen LogP contribution is 2.38. The van der Waals surface area contributed by atoms with E-state index in [0.29, 0.717) is 24.9 Å². The van der Waals surface area contributed by atoms with E-state index in [9.17, 15) is 13.2 Å². The molecule has 1 unspecified atom stereocenters. The second-order valence-corrected chi connectivity index (χ2v) is 12.2. The van der Waals surface area contributed by atoms with Crippen LogP contribution in [0.4, 0.5) is 0 Å². The lowest BCUT2D eigenvalue weighted by Crippen LogP contribution is -2.48. The Morgan fingerprint density at radius 3 is 2.39 bits per heavy atom. The molecular formula is C26H32N2O4S. The van der Waals surface area contributed by atoms with Gasteiger partial charge in [-0.1, -0.05) is 42.5 Å². The van der Waals surface area contributed by atoms with Crippen molar-refractivity contribution in [2.75, 3.05) is 26.3 Å². The molecule has 3 saturated heterocycles. The smallest absolute Gasteiger partial charge is 0.253 e. The second kappa shape index (κ2) is 8.85. The summed E-state index contributed by atoms with van der Waals surface area (Å²) in [5, 5.41) is -0.394. The van der Waals surface area contributed by atoms with Gasteiger partial charge in [0.05, 0.1) is 18.5 Å². The van der Waals surface area contributed by atoms with Crippen molar-refractivity contribution in [2.45, 2.75) is 50.4 Å². The molecule has 0 saturated carbocycles. The van der Waals surface area contributed by atoms with E-state index < -0.39 is 15.3 Å². The number of benzene rings is 2. The van der Waals surface area contributed by atoms with E-state index in [1.807, 2.05) is 66.4 Å². The van der Waals surface area contributed by atoms with Crippen molar-refractivity contribution in [3.05, 3.63) is 71.3 Å². The standard InChI is InChI=1S/C26H32N2O4S/c1-20-7-12-24(15-21-5-3-2-4-6-21)33(30,31)28(20)16-22-8-10-23(11-9-22)25(29)27-14-13-26(17-27)18-32-19-26/h2-6,8-11,20,24H,7,12-19H2,1H3/t20-,24?/m0/s1. The van der Waals surface area contributed by atoms with Gasteiger partial charge < -0.3 is 9.64 Å². The van der Waals surface area contributed by atoms with Crippen LogP contribution in [0.2, 0.25) is 0 Å². The average Bonchev–Trinajstić information content (AvgIpc) is 3.26. The van der Waals surface area contributed by atoms with E-state index in [0.717, 1.165) is 50.3 Å². The van der Waals surface area contributed by atoms with Gasteiger partial charge in [0.25, 0.3) is 5.91 Å². The van der Waals surface area contributed by atoms with E-state index in [1.54, 1.807) is 4.31 Å². The molecule has 1 amide bonds. The summed E-state index contributed by atoms with van der Waals surface area (Å²) in [6, 6.07) is 17.3. The zero-order chi connectivity index (χ0) is 23.1. The fraction of sp³-hybridized carbons (Fsp3) is 0.500. The molecule has 3 heterocycles. The Balaban J connectivity index is 1.26. The molecule has 2 aromatic rings. The van der Waals surface area contributed by atoms with Gasteiger partial charge in [-0.25, -0.2) is 8.42 Å². The van der Waals surface area contributed by atoms with Crippen LogP contribution in [0.1, 0.15) is 47.7 Å². The van der Waals surface area contributed by atoms with Gasteiger partial charge in [-0.05, 0) is 55.9 Å². The normalized spacial score (nSPS) is 26.3. The molecule has 0 N–H and O–H groups in total. The van der Waals surface area contributed by atoms with Crippen LogP contribution in [0, 0.1) is 5.41 Å². The van der Waals surface area contributed by atoms with Crippen molar-refractivity contribution in [1.29, 1.82) is 0 Å². The highest BCUT2D eigenvalue weighted by Gasteiger charge is 2.46. The first-order valence-corrected chi connectivity index (χ1v) is 13.4. The van der Waals surface area contributed by atoms with Gasteiger partial charge in [0.15, 0.2) is 0 Å². The number of rotatable bonds is 5. The van der Waals surface area contributed by atoms with Gasteiger partial charge in [-0.15, -0.1) is 0 Å². The molecule has 0 bridgehead atoms. The van der Waals surface area contributed by atoms with Gasteiger partial charge in [0, 0.05) is 36.7 Å². The predicted octanol–water partition coefficient (Wildman–Crippen LogP) is 3.47. The fourth-order valence-electron chi connectivity index (χ4n) is 5.34. The summed E-state index contributed by atoms with van der Waals surface area (Å²) in [6.45, 7) is 5.37. The van der Waals surface area contributed by atoms with E-state index in [2.05, 4.69) is 0 Å². The minimum atomic E-state index is -3.41. The third-order valence-corrected chi connectivity index (χ3v) is 9.92. The van der Waals surface area contributed by atoms with Crippen LogP contribution < -0.4 is 0 Å². The molecule has 0 aromatic heterocycles. The molecule has 176 valence electrons. The highest BCUT2D eigenvalue weighted by atomic mass is 32.2. The maximum absolute atomic E-state index is 13.4. The topological polar surface area (TPSA) is 66.9 Å². The molecule has 2 atom stereocenters. The van der Waals surface area contributed by atoms with Crippen LogP contribution in [0.25, 0.3) is 0 Å². The number of sulfonamides is 1. The van der Waals surface area contributed by atoms with E-state index in [1.165, 1.54) is 0 Å². The lowest BCUT2D eigenvalue weighted by molar-refractivity contribution is -0.103. The molecule has 0 radical (unpaired) electrons. The van der Waals surface area contributed by atoms with Crippen molar-refractivity contribution in [3.8, 4) is 0 Å². The molecule has 5 rings (SSSR count). The number of hydrogen-bond acceptors (Lipinski definition) is 4. The molecule has 33 heavy (non-hydrogen) atoms. The van der Waals surface area contributed by atoms with Crippen LogP contribution in [0.3, 0.4) is 0 Å². The van der Waals surface area contributed by atoms with Crippen LogP contribution >= 0.6 is 0 Å². The predicted molar refractivity (Wildman–Crippen MR) is 127 cm³/mol. The lowest BCUT2D eigenvalue weighted by Gasteiger charge is -2.37. The summed E-state index contributed by atoms with van der Waals surface area (Å²) < 4.78 is 33.9. The average molecular weight is 469 g/mol. The number of carbonyl (C=O) groups is 1. The van der Waals surface area contributed by atoms with Crippen LogP contribution in [0.5, 0.6) is 0 Å². The third kappa shape index (κ3) is 4.46. The van der Waals surface area contributed by atoms with Crippen LogP contribution in [-0.4, -0.2) is 61.1 Å². The minimum absolute atomic E-state index is 0.0335. The SMILES string of the molecule is C[C@H]1CCC(Cc2ccccc2)S(=O)(=O)N1Cc1ccc(C(=O)N2CCC3(COC3)C2)cc1. The van der Waals surface area contributed by atoms with E-state index in [4.69, 9.17) is 4.74 Å². The molecule has 3 aliphatic rings. The van der Waals surface area contributed by atoms with Crippen molar-refractivity contribution in [1.82, 2.24) is 9.21 Å². The number of nitrogens with zero attached hydrogens (tertiary/aromatic N) is 2. The molecule has 6 nitrogen and oxygen atoms in total. The quantitative estimate of drug-likeness (QED) is 0.674. The summed E-state index contributed by atoms with van der Waals surface area (Å²) in [7, 11) is -3.41. The van der Waals surface area contributed by atoms with Crippen LogP contribution in [0.15, 0.2) is 54.6 Å². The number of likely N-dealkylation sites (tertiary alicyclic amines) is 1. The zero-order valence-electron chi connectivity index (χ0n) is 19.2. The Labute approximate surface area is 196 Å². The number of ether oxygens (including phenoxy) is 1. The Hall–Kier alpha value is -2.22. The summed E-state index contributed by atoms with van der Waals surface area (Å²) >= 11 is 0. The van der Waals surface area contributed by atoms with Gasteiger partial charge in [-0.2, -0.15) is 4.31 Å². The summed E-state index contributed by atoms with van der Waals surface area (Å²) in [6.07, 6.45) is 3.09. The maximum Gasteiger partial charge on any atom is 0.253 e. The van der Waals surface area contributed by atoms with Crippen molar-refractivity contribution < 1.29 is 17.9 Å². The molecule has 1 spiro atoms. The molecule has 0 aliphatic carbocycles. The first kappa shape index (κ1) is 22.6. The molecule has 3 fully saturated rings. The third-order valence-electron chi connectivity index (χ3n) is 7.53. The summed E-state index contributed by atoms with van der Waals surface area (Å²) in [5.41, 5.74) is 2.80.